The van der Waals surface area contributed by atoms with Crippen molar-refractivity contribution < 1.29 is 18.8 Å². The Bertz CT molecular complexity index is 1340. The normalized spacial score (nSPS) is 12.9. The van der Waals surface area contributed by atoms with Gasteiger partial charge in [-0.05, 0) is 32.9 Å². The minimum absolute atomic E-state index is 0.316. The predicted octanol–water partition coefficient (Wildman–Crippen LogP) is 5.55. The van der Waals surface area contributed by atoms with E-state index in [2.05, 4.69) is 21.5 Å². The second-order valence-corrected chi connectivity index (χ2v) is 9.13. The largest absolute Gasteiger partial charge is 0.486 e. The number of amides is 1. The third-order valence-electron chi connectivity index (χ3n) is 5.06. The average molecular weight is 456 g/mol. The molecule has 0 saturated heterocycles. The monoisotopic (exact) mass is 455 g/mol. The van der Waals surface area contributed by atoms with Gasteiger partial charge in [-0.1, -0.05) is 16.8 Å². The molecule has 7 nitrogen and oxygen atoms in total. The first-order valence-electron chi connectivity index (χ1n) is 9.65. The molecular weight excluding hydrogens is 438 g/mol. The van der Waals surface area contributed by atoms with Gasteiger partial charge in [0.1, 0.15) is 13.2 Å². The highest BCUT2D eigenvalue weighted by Gasteiger charge is 2.22. The van der Waals surface area contributed by atoms with Crippen molar-refractivity contribution in [3.05, 3.63) is 50.3 Å². The standard InChI is InChI=1S/C22H18ClN3O4S/c1-10-6-13(12(3)31-10)16-7-14(20-11(2)26-30-22(20)25-16)21(27)24-17-9-19-18(8-15(17)23)28-4-5-29-19/h6-9H,4-5H2,1-3H3,(H,24,27). The maximum atomic E-state index is 13.3. The van der Waals surface area contributed by atoms with Gasteiger partial charge >= 0.3 is 0 Å². The van der Waals surface area contributed by atoms with Crippen molar-refractivity contribution in [3.63, 3.8) is 0 Å². The van der Waals surface area contributed by atoms with Crippen LogP contribution in [-0.4, -0.2) is 29.3 Å². The molecule has 4 heterocycles. The summed E-state index contributed by atoms with van der Waals surface area (Å²) in [4.78, 5) is 20.2. The van der Waals surface area contributed by atoms with Gasteiger partial charge in [-0.25, -0.2) is 4.98 Å². The molecule has 0 fully saturated rings. The molecule has 31 heavy (non-hydrogen) atoms. The minimum atomic E-state index is -0.344. The maximum absolute atomic E-state index is 13.3. The molecular formula is C22H18ClN3O4S. The highest BCUT2D eigenvalue weighted by molar-refractivity contribution is 7.12. The molecule has 9 heteroatoms. The number of thiophene rings is 1. The summed E-state index contributed by atoms with van der Waals surface area (Å²) in [5, 5.41) is 7.81. The third-order valence-corrected chi connectivity index (χ3v) is 6.34. The smallest absolute Gasteiger partial charge is 0.259 e. The Morgan fingerprint density at radius 1 is 1.10 bits per heavy atom. The van der Waals surface area contributed by atoms with Crippen molar-refractivity contribution in [2.45, 2.75) is 20.8 Å². The molecule has 0 unspecified atom stereocenters. The number of rotatable bonds is 3. The predicted molar refractivity (Wildman–Crippen MR) is 120 cm³/mol. The minimum Gasteiger partial charge on any atom is -0.486 e. The number of aromatic nitrogens is 2. The van der Waals surface area contributed by atoms with Gasteiger partial charge in [0.25, 0.3) is 11.6 Å². The van der Waals surface area contributed by atoms with E-state index < -0.39 is 0 Å². The first-order chi connectivity index (χ1) is 14.9. The summed E-state index contributed by atoms with van der Waals surface area (Å²) in [6.45, 7) is 6.74. The number of fused-ring (bicyclic) bond motifs is 2. The van der Waals surface area contributed by atoms with Gasteiger partial charge in [-0.3, -0.25) is 4.79 Å². The van der Waals surface area contributed by atoms with E-state index in [1.165, 1.54) is 0 Å². The molecule has 0 aliphatic carbocycles. The molecule has 4 aromatic rings. The number of hydrogen-bond donors (Lipinski definition) is 1. The fraction of sp³-hybridized carbons (Fsp3) is 0.227. The lowest BCUT2D eigenvalue weighted by Crippen LogP contribution is -2.17. The molecule has 0 spiro atoms. The van der Waals surface area contributed by atoms with E-state index in [1.807, 2.05) is 13.8 Å². The zero-order valence-electron chi connectivity index (χ0n) is 17.0. The summed E-state index contributed by atoms with van der Waals surface area (Å²) in [5.41, 5.74) is 3.36. The lowest BCUT2D eigenvalue weighted by molar-refractivity contribution is 0.102. The molecule has 5 rings (SSSR count). The lowest BCUT2D eigenvalue weighted by atomic mass is 10.1. The number of aryl methyl sites for hydroxylation is 3. The number of nitrogens with one attached hydrogen (secondary N) is 1. The molecule has 0 saturated carbocycles. The number of carbonyl (C=O) groups is 1. The SMILES string of the molecule is Cc1cc(-c2cc(C(=O)Nc3cc4c(cc3Cl)OCCO4)c3c(C)noc3n2)c(C)s1. The van der Waals surface area contributed by atoms with E-state index in [4.69, 9.17) is 25.6 Å². The molecule has 1 aliphatic rings. The third kappa shape index (κ3) is 3.51. The van der Waals surface area contributed by atoms with Crippen LogP contribution in [0.2, 0.25) is 5.02 Å². The number of pyridine rings is 1. The summed E-state index contributed by atoms with van der Waals surface area (Å²) in [6, 6.07) is 7.13. The molecule has 3 aromatic heterocycles. The summed E-state index contributed by atoms with van der Waals surface area (Å²) in [5.74, 6) is 0.751. The molecule has 1 aromatic carbocycles. The first kappa shape index (κ1) is 19.8. The average Bonchev–Trinajstić information content (AvgIpc) is 3.29. The fourth-order valence-corrected chi connectivity index (χ4v) is 4.78. The van der Waals surface area contributed by atoms with Crippen LogP contribution in [0.5, 0.6) is 11.5 Å². The number of anilines is 1. The van der Waals surface area contributed by atoms with Gasteiger partial charge in [0.15, 0.2) is 11.5 Å². The number of halogens is 1. The quantitative estimate of drug-likeness (QED) is 0.435. The van der Waals surface area contributed by atoms with Crippen molar-refractivity contribution in [2.75, 3.05) is 18.5 Å². The molecule has 0 radical (unpaired) electrons. The Labute approximate surface area is 186 Å². The highest BCUT2D eigenvalue weighted by Crippen LogP contribution is 2.39. The number of hydrogen-bond acceptors (Lipinski definition) is 7. The summed E-state index contributed by atoms with van der Waals surface area (Å²) >= 11 is 8.06. The maximum Gasteiger partial charge on any atom is 0.259 e. The molecule has 1 N–H and O–H groups in total. The molecule has 1 aliphatic heterocycles. The van der Waals surface area contributed by atoms with Crippen molar-refractivity contribution in [1.82, 2.24) is 10.1 Å². The fourth-order valence-electron chi connectivity index (χ4n) is 3.65. The van der Waals surface area contributed by atoms with E-state index in [0.717, 1.165) is 15.3 Å². The van der Waals surface area contributed by atoms with Gasteiger partial charge in [0.05, 0.1) is 33.0 Å². The molecule has 0 atom stereocenters. The Kier molecular flexibility index (Phi) is 4.83. The number of benzene rings is 1. The summed E-state index contributed by atoms with van der Waals surface area (Å²) in [7, 11) is 0. The van der Waals surface area contributed by atoms with Crippen LogP contribution in [0, 0.1) is 20.8 Å². The van der Waals surface area contributed by atoms with Crippen molar-refractivity contribution in [3.8, 4) is 22.8 Å². The topological polar surface area (TPSA) is 86.5 Å². The van der Waals surface area contributed by atoms with Crippen molar-refractivity contribution in [1.29, 1.82) is 0 Å². The second-order valence-electron chi connectivity index (χ2n) is 7.26. The first-order valence-corrected chi connectivity index (χ1v) is 10.8. The number of carbonyl (C=O) groups excluding carboxylic acids is 1. The van der Waals surface area contributed by atoms with Crippen molar-refractivity contribution >= 4 is 45.6 Å². The van der Waals surface area contributed by atoms with Crippen LogP contribution in [0.15, 0.2) is 28.8 Å². The second kappa shape index (κ2) is 7.55. The zero-order chi connectivity index (χ0) is 21.7. The Morgan fingerprint density at radius 2 is 1.84 bits per heavy atom. The Hall–Kier alpha value is -3.10. The Balaban J connectivity index is 1.58. The number of ether oxygens (including phenoxy) is 2. The summed E-state index contributed by atoms with van der Waals surface area (Å²) in [6.07, 6.45) is 0. The van der Waals surface area contributed by atoms with E-state index in [0.29, 0.717) is 63.5 Å². The number of nitrogens with zero attached hydrogens (tertiary/aromatic N) is 2. The van der Waals surface area contributed by atoms with E-state index in [1.54, 1.807) is 36.5 Å². The van der Waals surface area contributed by atoms with Gasteiger partial charge in [0.2, 0.25) is 0 Å². The van der Waals surface area contributed by atoms with Crippen LogP contribution in [-0.2, 0) is 0 Å². The van der Waals surface area contributed by atoms with Crippen LogP contribution in [0.4, 0.5) is 5.69 Å². The van der Waals surface area contributed by atoms with Crippen LogP contribution in [0.25, 0.3) is 22.4 Å². The highest BCUT2D eigenvalue weighted by atomic mass is 35.5. The van der Waals surface area contributed by atoms with E-state index in [-0.39, 0.29) is 5.91 Å². The van der Waals surface area contributed by atoms with Gasteiger partial charge < -0.3 is 19.3 Å². The van der Waals surface area contributed by atoms with E-state index >= 15 is 0 Å². The summed E-state index contributed by atoms with van der Waals surface area (Å²) < 4.78 is 16.5. The molecule has 0 bridgehead atoms. The molecule has 158 valence electrons. The van der Waals surface area contributed by atoms with E-state index in [9.17, 15) is 4.79 Å². The Morgan fingerprint density at radius 3 is 2.55 bits per heavy atom. The van der Waals surface area contributed by atoms with Crippen LogP contribution >= 0.6 is 22.9 Å². The van der Waals surface area contributed by atoms with Crippen LogP contribution in [0.1, 0.15) is 25.8 Å². The van der Waals surface area contributed by atoms with Gasteiger partial charge in [-0.2, -0.15) is 0 Å². The molecule has 1 amide bonds. The van der Waals surface area contributed by atoms with Crippen LogP contribution in [0.3, 0.4) is 0 Å². The van der Waals surface area contributed by atoms with Gasteiger partial charge in [0, 0.05) is 27.5 Å². The zero-order valence-corrected chi connectivity index (χ0v) is 18.6. The lowest BCUT2D eigenvalue weighted by Gasteiger charge is -2.20. The van der Waals surface area contributed by atoms with Crippen molar-refractivity contribution in [2.24, 2.45) is 0 Å². The van der Waals surface area contributed by atoms with Crippen LogP contribution < -0.4 is 14.8 Å². The van der Waals surface area contributed by atoms with Gasteiger partial charge in [-0.15, -0.1) is 11.3 Å².